The topological polar surface area (TPSA) is 99.0 Å². The zero-order valence-corrected chi connectivity index (χ0v) is 16.3. The van der Waals surface area contributed by atoms with Crippen LogP contribution in [0.2, 0.25) is 5.15 Å². The number of esters is 1. The average molecular weight is 412 g/mol. The predicted molar refractivity (Wildman–Crippen MR) is 108 cm³/mol. The summed E-state index contributed by atoms with van der Waals surface area (Å²) in [7, 11) is 0. The molecular formula is C20H18ClN5O3. The molecule has 0 aliphatic carbocycles. The van der Waals surface area contributed by atoms with Crippen LogP contribution in [0.5, 0.6) is 0 Å². The summed E-state index contributed by atoms with van der Waals surface area (Å²) >= 11 is 5.89. The van der Waals surface area contributed by atoms with E-state index >= 15 is 0 Å². The maximum atomic E-state index is 12.1. The van der Waals surface area contributed by atoms with Crippen LogP contribution >= 0.6 is 11.6 Å². The molecule has 0 aliphatic rings. The van der Waals surface area contributed by atoms with Crippen LogP contribution in [0.25, 0.3) is 6.08 Å². The number of hydrogen-bond donors (Lipinski definition) is 1. The number of pyridine rings is 1. The molecule has 1 N–H and O–H groups in total. The maximum Gasteiger partial charge on any atom is 0.331 e. The lowest BCUT2D eigenvalue weighted by molar-refractivity contribution is -0.148. The number of rotatable bonds is 7. The second-order valence-corrected chi connectivity index (χ2v) is 6.43. The summed E-state index contributed by atoms with van der Waals surface area (Å²) in [5.41, 5.74) is 1.92. The Kier molecular flexibility index (Phi) is 6.70. The molecule has 0 radical (unpaired) electrons. The fraction of sp³-hybridized carbons (Fsp3) is 0.150. The minimum absolute atomic E-state index is 0.151. The fourth-order valence-corrected chi connectivity index (χ4v) is 2.54. The van der Waals surface area contributed by atoms with Crippen LogP contribution < -0.4 is 5.32 Å². The molecule has 148 valence electrons. The molecule has 0 saturated heterocycles. The lowest BCUT2D eigenvalue weighted by atomic mass is 10.2. The van der Waals surface area contributed by atoms with Crippen LogP contribution in [-0.4, -0.2) is 38.0 Å². The van der Waals surface area contributed by atoms with Gasteiger partial charge in [0.15, 0.2) is 11.3 Å². The molecule has 0 unspecified atom stereocenters. The molecule has 1 amide bonds. The summed E-state index contributed by atoms with van der Waals surface area (Å²) in [6, 6.07) is 13.0. The summed E-state index contributed by atoms with van der Waals surface area (Å²) < 4.78 is 6.75. The van der Waals surface area contributed by atoms with Gasteiger partial charge in [-0.1, -0.05) is 47.1 Å². The van der Waals surface area contributed by atoms with Crippen molar-refractivity contribution in [3.05, 3.63) is 77.3 Å². The number of halogens is 1. The SMILES string of the molecule is C[C@H](OC(=O)/C=C/c1cn(Cc2ccccc2)nn1)C(=O)Nc1cccnc1Cl. The highest BCUT2D eigenvalue weighted by atomic mass is 35.5. The first kappa shape index (κ1) is 20.2. The summed E-state index contributed by atoms with van der Waals surface area (Å²) in [6.07, 6.45) is 4.86. The number of nitrogens with one attached hydrogen (secondary N) is 1. The van der Waals surface area contributed by atoms with E-state index in [2.05, 4.69) is 20.6 Å². The second kappa shape index (κ2) is 9.61. The van der Waals surface area contributed by atoms with Crippen molar-refractivity contribution in [3.8, 4) is 0 Å². The molecular weight excluding hydrogens is 394 g/mol. The molecule has 1 aromatic carbocycles. The molecule has 0 fully saturated rings. The first-order chi connectivity index (χ1) is 14.0. The van der Waals surface area contributed by atoms with Crippen LogP contribution in [0, 0.1) is 0 Å². The van der Waals surface area contributed by atoms with Gasteiger partial charge in [-0.25, -0.2) is 14.5 Å². The van der Waals surface area contributed by atoms with E-state index in [1.165, 1.54) is 25.3 Å². The normalized spacial score (nSPS) is 11.9. The number of nitrogens with zero attached hydrogens (tertiary/aromatic N) is 4. The highest BCUT2D eigenvalue weighted by Gasteiger charge is 2.17. The summed E-state index contributed by atoms with van der Waals surface area (Å²) in [6.45, 7) is 2.03. The van der Waals surface area contributed by atoms with Gasteiger partial charge in [0.25, 0.3) is 5.91 Å². The summed E-state index contributed by atoms with van der Waals surface area (Å²) in [4.78, 5) is 28.0. The smallest absolute Gasteiger partial charge is 0.331 e. The molecule has 0 bridgehead atoms. The van der Waals surface area contributed by atoms with Crippen LogP contribution in [0.15, 0.2) is 60.9 Å². The minimum atomic E-state index is -1.02. The van der Waals surface area contributed by atoms with Gasteiger partial charge in [0, 0.05) is 12.3 Å². The standard InChI is InChI=1S/C20H18ClN5O3/c1-14(20(28)23-17-8-5-11-22-19(17)21)29-18(27)10-9-16-13-26(25-24-16)12-15-6-3-2-4-7-15/h2-11,13-14H,12H2,1H3,(H,23,28)/b10-9+/t14-/m0/s1. The zero-order valence-electron chi connectivity index (χ0n) is 15.5. The monoisotopic (exact) mass is 411 g/mol. The summed E-state index contributed by atoms with van der Waals surface area (Å²) in [5.74, 6) is -1.20. The van der Waals surface area contributed by atoms with Crippen LogP contribution in [0.4, 0.5) is 5.69 Å². The van der Waals surface area contributed by atoms with Crippen molar-refractivity contribution in [1.82, 2.24) is 20.0 Å². The Morgan fingerprint density at radius 3 is 2.79 bits per heavy atom. The molecule has 3 aromatic rings. The largest absolute Gasteiger partial charge is 0.449 e. The Bertz CT molecular complexity index is 1020. The Morgan fingerprint density at radius 2 is 2.03 bits per heavy atom. The van der Waals surface area contributed by atoms with E-state index in [9.17, 15) is 9.59 Å². The lowest BCUT2D eigenvalue weighted by Gasteiger charge is -2.12. The molecule has 29 heavy (non-hydrogen) atoms. The number of benzene rings is 1. The molecule has 3 rings (SSSR count). The van der Waals surface area contributed by atoms with Crippen molar-refractivity contribution in [2.24, 2.45) is 0 Å². The van der Waals surface area contributed by atoms with Crippen LogP contribution in [-0.2, 0) is 20.9 Å². The number of aromatic nitrogens is 4. The number of carbonyl (C=O) groups excluding carboxylic acids is 2. The highest BCUT2D eigenvalue weighted by molar-refractivity contribution is 6.32. The molecule has 1 atom stereocenters. The predicted octanol–water partition coefficient (Wildman–Crippen LogP) is 2.96. The quantitative estimate of drug-likeness (QED) is 0.364. The molecule has 0 saturated carbocycles. The van der Waals surface area contributed by atoms with E-state index in [0.29, 0.717) is 17.9 Å². The first-order valence-electron chi connectivity index (χ1n) is 8.75. The van der Waals surface area contributed by atoms with Crippen molar-refractivity contribution >= 4 is 35.2 Å². The van der Waals surface area contributed by atoms with Crippen molar-refractivity contribution < 1.29 is 14.3 Å². The van der Waals surface area contributed by atoms with Gasteiger partial charge in [-0.15, -0.1) is 5.10 Å². The second-order valence-electron chi connectivity index (χ2n) is 6.07. The van der Waals surface area contributed by atoms with E-state index in [-0.39, 0.29) is 5.15 Å². The molecule has 2 heterocycles. The highest BCUT2D eigenvalue weighted by Crippen LogP contribution is 2.17. The fourth-order valence-electron chi connectivity index (χ4n) is 2.37. The average Bonchev–Trinajstić information content (AvgIpc) is 3.16. The third kappa shape index (κ3) is 5.98. The molecule has 2 aromatic heterocycles. The number of amides is 1. The van der Waals surface area contributed by atoms with Crippen LogP contribution in [0.3, 0.4) is 0 Å². The van der Waals surface area contributed by atoms with Crippen molar-refractivity contribution in [3.63, 3.8) is 0 Å². The van der Waals surface area contributed by atoms with E-state index in [1.807, 2.05) is 30.3 Å². The van der Waals surface area contributed by atoms with Gasteiger partial charge in [0.1, 0.15) is 5.69 Å². The van der Waals surface area contributed by atoms with Gasteiger partial charge in [-0.2, -0.15) is 0 Å². The lowest BCUT2D eigenvalue weighted by Crippen LogP contribution is -2.29. The number of carbonyl (C=O) groups is 2. The van der Waals surface area contributed by atoms with E-state index in [0.717, 1.165) is 5.56 Å². The zero-order chi connectivity index (χ0) is 20.6. The third-order valence-electron chi connectivity index (χ3n) is 3.81. The third-order valence-corrected chi connectivity index (χ3v) is 4.11. The molecule has 9 heteroatoms. The van der Waals surface area contributed by atoms with Gasteiger partial charge in [0.2, 0.25) is 0 Å². The van der Waals surface area contributed by atoms with Gasteiger partial charge in [-0.3, -0.25) is 4.79 Å². The molecule has 0 aliphatic heterocycles. The Labute approximate surface area is 172 Å². The summed E-state index contributed by atoms with van der Waals surface area (Å²) in [5, 5.41) is 10.7. The number of anilines is 1. The van der Waals surface area contributed by atoms with E-state index in [4.69, 9.17) is 16.3 Å². The maximum absolute atomic E-state index is 12.1. The number of ether oxygens (including phenoxy) is 1. The Hall–Kier alpha value is -3.52. The van der Waals surface area contributed by atoms with Gasteiger partial charge in [-0.05, 0) is 30.7 Å². The van der Waals surface area contributed by atoms with Gasteiger partial charge >= 0.3 is 5.97 Å². The Balaban J connectivity index is 1.51. The Morgan fingerprint density at radius 1 is 1.24 bits per heavy atom. The van der Waals surface area contributed by atoms with Crippen molar-refractivity contribution in [2.45, 2.75) is 19.6 Å². The van der Waals surface area contributed by atoms with Crippen molar-refractivity contribution in [2.75, 3.05) is 5.32 Å². The van der Waals surface area contributed by atoms with Crippen LogP contribution in [0.1, 0.15) is 18.2 Å². The van der Waals surface area contributed by atoms with E-state index < -0.39 is 18.0 Å². The van der Waals surface area contributed by atoms with Crippen molar-refractivity contribution in [1.29, 1.82) is 0 Å². The first-order valence-corrected chi connectivity index (χ1v) is 9.13. The van der Waals surface area contributed by atoms with Gasteiger partial charge in [0.05, 0.1) is 18.4 Å². The molecule has 8 nitrogen and oxygen atoms in total. The minimum Gasteiger partial charge on any atom is -0.449 e. The molecule has 0 spiro atoms. The van der Waals surface area contributed by atoms with Gasteiger partial charge < -0.3 is 10.1 Å². The van der Waals surface area contributed by atoms with E-state index in [1.54, 1.807) is 23.0 Å². The number of hydrogen-bond acceptors (Lipinski definition) is 6.